The standard InChI is InChI=1S/C19H18BrF2NO5/c1-23(10-12-3-6-14(7-4-12)28-19(21)22)17(24)11-27-16-8-5-13(9-15(16)20)18(25)26-2/h3-9,19H,10-11H2,1-2H3. The number of methoxy groups -OCH3 is 1. The maximum atomic E-state index is 12.3. The van der Waals surface area contributed by atoms with Crippen LogP contribution in [0.2, 0.25) is 0 Å². The van der Waals surface area contributed by atoms with Gasteiger partial charge in [0.1, 0.15) is 11.5 Å². The molecule has 0 N–H and O–H groups in total. The zero-order valence-electron chi connectivity index (χ0n) is 15.2. The lowest BCUT2D eigenvalue weighted by molar-refractivity contribution is -0.132. The molecule has 0 aliphatic rings. The summed E-state index contributed by atoms with van der Waals surface area (Å²) < 4.78 is 39.2. The van der Waals surface area contributed by atoms with Gasteiger partial charge in [0.05, 0.1) is 17.1 Å². The van der Waals surface area contributed by atoms with Crippen molar-refractivity contribution in [2.45, 2.75) is 13.2 Å². The van der Waals surface area contributed by atoms with Crippen LogP contribution < -0.4 is 9.47 Å². The summed E-state index contributed by atoms with van der Waals surface area (Å²) in [4.78, 5) is 25.2. The molecule has 0 aromatic heterocycles. The second kappa shape index (κ2) is 10.0. The molecule has 0 saturated heterocycles. The Hall–Kier alpha value is -2.68. The van der Waals surface area contributed by atoms with Crippen molar-refractivity contribution < 1.29 is 32.6 Å². The van der Waals surface area contributed by atoms with E-state index in [0.717, 1.165) is 5.56 Å². The number of nitrogens with zero attached hydrogens (tertiary/aromatic N) is 1. The van der Waals surface area contributed by atoms with Crippen molar-refractivity contribution in [3.63, 3.8) is 0 Å². The quantitative estimate of drug-likeness (QED) is 0.562. The Labute approximate surface area is 169 Å². The molecular formula is C19H18BrF2NO5. The van der Waals surface area contributed by atoms with Gasteiger partial charge in [-0.1, -0.05) is 12.1 Å². The maximum Gasteiger partial charge on any atom is 0.387 e. The normalized spacial score (nSPS) is 10.5. The van der Waals surface area contributed by atoms with E-state index in [4.69, 9.17) is 4.74 Å². The molecule has 0 aliphatic carbocycles. The minimum atomic E-state index is -2.88. The van der Waals surface area contributed by atoms with E-state index in [-0.39, 0.29) is 24.8 Å². The minimum Gasteiger partial charge on any atom is -0.483 e. The molecule has 2 rings (SSSR count). The van der Waals surface area contributed by atoms with Gasteiger partial charge < -0.3 is 19.1 Å². The van der Waals surface area contributed by atoms with Gasteiger partial charge >= 0.3 is 12.6 Å². The van der Waals surface area contributed by atoms with Crippen LogP contribution in [0.5, 0.6) is 11.5 Å². The van der Waals surface area contributed by atoms with Crippen LogP contribution in [0.1, 0.15) is 15.9 Å². The van der Waals surface area contributed by atoms with Gasteiger partial charge in [-0.15, -0.1) is 0 Å². The van der Waals surface area contributed by atoms with Crippen LogP contribution in [0.15, 0.2) is 46.9 Å². The molecular weight excluding hydrogens is 440 g/mol. The van der Waals surface area contributed by atoms with Crippen molar-refractivity contribution in [3.8, 4) is 11.5 Å². The lowest BCUT2D eigenvalue weighted by atomic mass is 10.2. The molecule has 0 fully saturated rings. The molecule has 9 heteroatoms. The van der Waals surface area contributed by atoms with E-state index in [2.05, 4.69) is 25.4 Å². The van der Waals surface area contributed by atoms with E-state index in [1.165, 1.54) is 30.2 Å². The van der Waals surface area contributed by atoms with Crippen molar-refractivity contribution >= 4 is 27.8 Å². The third-order valence-electron chi connectivity index (χ3n) is 3.70. The summed E-state index contributed by atoms with van der Waals surface area (Å²) in [6, 6.07) is 10.7. The Morgan fingerprint density at radius 2 is 1.82 bits per heavy atom. The number of alkyl halides is 2. The van der Waals surface area contributed by atoms with Crippen molar-refractivity contribution in [1.29, 1.82) is 0 Å². The van der Waals surface area contributed by atoms with Gasteiger partial charge in [-0.25, -0.2) is 4.79 Å². The second-order valence-electron chi connectivity index (χ2n) is 5.70. The van der Waals surface area contributed by atoms with E-state index in [0.29, 0.717) is 15.8 Å². The number of benzene rings is 2. The largest absolute Gasteiger partial charge is 0.483 e. The topological polar surface area (TPSA) is 65.1 Å². The Kier molecular flexibility index (Phi) is 7.74. The maximum absolute atomic E-state index is 12.3. The number of hydrogen-bond donors (Lipinski definition) is 0. The first-order valence-corrected chi connectivity index (χ1v) is 8.88. The smallest absolute Gasteiger partial charge is 0.387 e. The zero-order valence-corrected chi connectivity index (χ0v) is 16.7. The van der Waals surface area contributed by atoms with Crippen molar-refractivity contribution in [2.24, 2.45) is 0 Å². The molecule has 0 heterocycles. The predicted molar refractivity (Wildman–Crippen MR) is 101 cm³/mol. The Balaban J connectivity index is 1.89. The van der Waals surface area contributed by atoms with Crippen molar-refractivity contribution in [1.82, 2.24) is 4.90 Å². The number of esters is 1. The fourth-order valence-electron chi connectivity index (χ4n) is 2.25. The number of carbonyl (C=O) groups is 2. The van der Waals surface area contributed by atoms with Gasteiger partial charge in [-0.3, -0.25) is 4.79 Å². The van der Waals surface area contributed by atoms with Gasteiger partial charge in [0.15, 0.2) is 6.61 Å². The molecule has 28 heavy (non-hydrogen) atoms. The van der Waals surface area contributed by atoms with Gasteiger partial charge in [0.2, 0.25) is 0 Å². The second-order valence-corrected chi connectivity index (χ2v) is 6.55. The first-order valence-electron chi connectivity index (χ1n) is 8.08. The molecule has 0 bridgehead atoms. The number of halogens is 3. The molecule has 2 aromatic carbocycles. The highest BCUT2D eigenvalue weighted by atomic mass is 79.9. The molecule has 0 radical (unpaired) electrons. The summed E-state index contributed by atoms with van der Waals surface area (Å²) in [5.74, 6) is -0.302. The summed E-state index contributed by atoms with van der Waals surface area (Å²) >= 11 is 3.29. The van der Waals surface area contributed by atoms with E-state index in [1.54, 1.807) is 31.3 Å². The number of hydrogen-bond acceptors (Lipinski definition) is 5. The molecule has 0 aliphatic heterocycles. The third-order valence-corrected chi connectivity index (χ3v) is 4.32. The number of ether oxygens (including phenoxy) is 3. The first-order chi connectivity index (χ1) is 13.3. The molecule has 0 saturated carbocycles. The molecule has 2 aromatic rings. The molecule has 0 spiro atoms. The molecule has 0 unspecified atom stereocenters. The fraction of sp³-hybridized carbons (Fsp3) is 0.263. The van der Waals surface area contributed by atoms with Gasteiger partial charge in [-0.2, -0.15) is 8.78 Å². The first kappa shape index (κ1) is 21.6. The van der Waals surface area contributed by atoms with Gasteiger partial charge in [0, 0.05) is 13.6 Å². The zero-order chi connectivity index (χ0) is 20.7. The molecule has 1 amide bonds. The highest BCUT2D eigenvalue weighted by Crippen LogP contribution is 2.26. The molecule has 0 atom stereocenters. The highest BCUT2D eigenvalue weighted by molar-refractivity contribution is 9.10. The summed E-state index contributed by atoms with van der Waals surface area (Å²) in [7, 11) is 2.89. The number of amides is 1. The average Bonchev–Trinajstić information content (AvgIpc) is 2.67. The van der Waals surface area contributed by atoms with Crippen LogP contribution in [-0.2, 0) is 16.1 Å². The van der Waals surface area contributed by atoms with E-state index in [1.807, 2.05) is 0 Å². The average molecular weight is 458 g/mol. The van der Waals surface area contributed by atoms with E-state index >= 15 is 0 Å². The number of carbonyl (C=O) groups excluding carboxylic acids is 2. The van der Waals surface area contributed by atoms with Crippen molar-refractivity contribution in [2.75, 3.05) is 20.8 Å². The monoisotopic (exact) mass is 457 g/mol. The SMILES string of the molecule is COC(=O)c1ccc(OCC(=O)N(C)Cc2ccc(OC(F)F)cc2)c(Br)c1. The van der Waals surface area contributed by atoms with Crippen molar-refractivity contribution in [3.05, 3.63) is 58.1 Å². The van der Waals surface area contributed by atoms with Gasteiger partial charge in [-0.05, 0) is 51.8 Å². The number of rotatable bonds is 8. The van der Waals surface area contributed by atoms with E-state index < -0.39 is 12.6 Å². The fourth-order valence-corrected chi connectivity index (χ4v) is 2.74. The van der Waals surface area contributed by atoms with Crippen LogP contribution in [0.25, 0.3) is 0 Å². The Bertz CT molecular complexity index is 830. The lowest BCUT2D eigenvalue weighted by Gasteiger charge is -2.18. The van der Waals surface area contributed by atoms with Crippen LogP contribution in [0, 0.1) is 0 Å². The van der Waals surface area contributed by atoms with Crippen LogP contribution in [-0.4, -0.2) is 44.2 Å². The van der Waals surface area contributed by atoms with Crippen LogP contribution in [0.4, 0.5) is 8.78 Å². The molecule has 150 valence electrons. The third kappa shape index (κ3) is 6.19. The summed E-state index contributed by atoms with van der Waals surface area (Å²) in [5, 5.41) is 0. The summed E-state index contributed by atoms with van der Waals surface area (Å²) in [6.45, 7) is -2.81. The number of likely N-dealkylation sites (N-methyl/N-ethyl adjacent to an activating group) is 1. The van der Waals surface area contributed by atoms with E-state index in [9.17, 15) is 18.4 Å². The minimum absolute atomic E-state index is 0.0521. The predicted octanol–water partition coefficient (Wildman–Crippen LogP) is 3.87. The molecule has 6 nitrogen and oxygen atoms in total. The van der Waals surface area contributed by atoms with Crippen LogP contribution >= 0.6 is 15.9 Å². The van der Waals surface area contributed by atoms with Gasteiger partial charge in [0.25, 0.3) is 5.91 Å². The summed E-state index contributed by atoms with van der Waals surface area (Å²) in [6.07, 6.45) is 0. The highest BCUT2D eigenvalue weighted by Gasteiger charge is 2.14. The van der Waals surface area contributed by atoms with Crippen LogP contribution in [0.3, 0.4) is 0 Å². The Morgan fingerprint density at radius 3 is 2.39 bits per heavy atom. The summed E-state index contributed by atoms with van der Waals surface area (Å²) in [5.41, 5.74) is 1.10. The lowest BCUT2D eigenvalue weighted by Crippen LogP contribution is -2.31. The Morgan fingerprint density at radius 1 is 1.14 bits per heavy atom.